The number of aliphatic hydroxyl groups excluding tert-OH is 2. The van der Waals surface area contributed by atoms with Crippen LogP contribution in [0.15, 0.2) is 101 Å². The number of nitrogen functional groups attached to an aromatic ring is 2. The number of nitrogens with zero attached hydrogens (tertiary/aromatic N) is 14. The van der Waals surface area contributed by atoms with Gasteiger partial charge in [-0.2, -0.15) is 10.1 Å². The van der Waals surface area contributed by atoms with Gasteiger partial charge in [-0.15, -0.1) is 0 Å². The number of ketones is 2. The lowest BCUT2D eigenvalue weighted by molar-refractivity contribution is -0.265. The quantitative estimate of drug-likeness (QED) is 0.0141. The molecule has 5 aromatic heterocycles. The predicted molar refractivity (Wildman–Crippen MR) is 472 cm³/mol. The van der Waals surface area contributed by atoms with E-state index < -0.39 is 114 Å². The number of anilines is 4. The third kappa shape index (κ3) is 24.8. The molecule has 0 radical (unpaired) electrons. The largest absolute Gasteiger partial charge is 0.459 e. The topological polar surface area (TPSA) is 484 Å². The van der Waals surface area contributed by atoms with Crippen LogP contribution in [0, 0.1) is 29.6 Å². The van der Waals surface area contributed by atoms with Crippen LogP contribution in [0.5, 0.6) is 0 Å². The SMILES string of the molecule is CO[C@H]1C[C@@H]2CC[C@@H](C)[C@@](O)(O2)C(=O)C(=O)N2CCCC[C@H]2C(=O)O[C@H]([C@H](N)C[C@@H]2CC[C@@H](OC(=O)NCc3cnc(N4CCN(C(=O)CCOCCN5CCN(c6ncc(C(=O)NCCCCn7nc(-c8ccc9oc(N)nc9c8)c8c(N)ncnc87)cn6)CC5)CC4)nc3)[C@H](OC)C2)C[C@@H](OC)[C@H](C)/C=C(\C)[C@@H](O)[C@@H](O)C(=O)[C@H](C)C[C@H](C)/C=C/C=C/C=C/1C. The lowest BCUT2D eigenvalue weighted by Crippen LogP contribution is -2.61. The molecule has 4 amide bonds. The average Bonchev–Trinajstić information content (AvgIpc) is 1.75. The van der Waals surface area contributed by atoms with E-state index in [0.29, 0.717) is 205 Å². The monoisotopic (exact) mass is 1760 g/mol. The zero-order valence-electron chi connectivity index (χ0n) is 74.4. The highest BCUT2D eigenvalue weighted by atomic mass is 16.6. The second kappa shape index (κ2) is 45.1. The Hall–Kier alpha value is -10.4. The number of alkyl carbamates (subject to hydrolysis) is 1. The van der Waals surface area contributed by atoms with E-state index in [1.165, 1.54) is 18.3 Å². The number of allylic oxidation sites excluding steroid dienone is 5. The fourth-order valence-corrected chi connectivity index (χ4v) is 17.9. The molecule has 690 valence electrons. The Bertz CT molecular complexity index is 4840. The van der Waals surface area contributed by atoms with E-state index in [2.05, 4.69) is 55.3 Å². The molecular weight excluding hydrogens is 1640 g/mol. The number of amides is 4. The Morgan fingerprint density at radius 2 is 1.45 bits per heavy atom. The summed E-state index contributed by atoms with van der Waals surface area (Å²) in [5, 5.41) is 46.3. The lowest BCUT2D eigenvalue weighted by Gasteiger charge is -2.43. The van der Waals surface area contributed by atoms with Crippen LogP contribution in [0.25, 0.3) is 33.4 Å². The molecule has 0 unspecified atom stereocenters. The molecule has 2 bridgehead atoms. The zero-order valence-corrected chi connectivity index (χ0v) is 74.4. The molecule has 0 spiro atoms. The zero-order chi connectivity index (χ0) is 90.6. The molecule has 4 saturated heterocycles. The highest BCUT2D eigenvalue weighted by molar-refractivity contribution is 6.39. The molecule has 127 heavy (non-hydrogen) atoms. The van der Waals surface area contributed by atoms with E-state index in [9.17, 15) is 48.9 Å². The first-order chi connectivity index (χ1) is 61.1. The van der Waals surface area contributed by atoms with Crippen molar-refractivity contribution in [3.8, 4) is 11.3 Å². The third-order valence-electron chi connectivity index (χ3n) is 25.6. The van der Waals surface area contributed by atoms with E-state index in [4.69, 9.17) is 59.9 Å². The summed E-state index contributed by atoms with van der Waals surface area (Å²) in [4.78, 5) is 138. The van der Waals surface area contributed by atoms with Gasteiger partial charge in [0.25, 0.3) is 23.6 Å². The fraction of sp³-hybridized carbons (Fsp3) is 0.611. The molecule has 1 aliphatic carbocycles. The Kier molecular flexibility index (Phi) is 34.0. The number of fused-ring (bicyclic) bond motifs is 5. The van der Waals surface area contributed by atoms with Crippen molar-refractivity contribution in [3.63, 3.8) is 0 Å². The lowest BCUT2D eigenvalue weighted by atomic mass is 9.80. The normalized spacial score (nSPS) is 28.6. The standard InChI is InChI=1S/C90H127N19O18/c1-54-17-11-10-12-18-55(2)70(120-7)46-64-23-20-59(6)90(119,127-64)80(114)84(116)108-28-15-13-19-67(108)85(117)124-72(47-71(121-8)56(3)42-58(5)78(112)79(113)77(111)57(4)41-54)65(91)43-60-21-24-69(73(44-60)122-9)126-89(118)99-50-61-48-95-87(96-49-61)107-36-34-105(35-37-107)74(110)26-39-123-40-38-104-30-32-106(33-31-104)88-97-51-63(52-98-88)83(115)94-27-14-16-29-109-82-75(81(92)100-53-101-82)76(103-109)62-22-25-68-66(45-62)102-86(93)125-68/h10-12,17-18,22,25,42,45,48-49,51-54,56-57,59-60,64-65,67,69-73,78-79,112-113,119H,13-16,19-21,23-24,26-41,43-44,46-47,50,91H2,1-9H3,(H2,93,102)(H,94,115)(H,99,118)(H2,92,100,101)/b12-10+,17-11+,55-18+,58-42+/t54-,56-,57-,59-,60+,64+,65-,67+,69-,70+,71-,72+,73-,78-,79+,90-/m1/s1. The van der Waals surface area contributed by atoms with Gasteiger partial charge >= 0.3 is 12.1 Å². The first-order valence-corrected chi connectivity index (χ1v) is 44.6. The van der Waals surface area contributed by atoms with Crippen molar-refractivity contribution in [1.29, 1.82) is 0 Å². The maximum Gasteiger partial charge on any atom is 0.407 e. The highest BCUT2D eigenvalue weighted by Crippen LogP contribution is 2.39. The number of oxazole rings is 1. The molecule has 37 heteroatoms. The van der Waals surface area contributed by atoms with Gasteiger partial charge in [-0.25, -0.2) is 44.2 Å². The molecule has 5 aliphatic heterocycles. The summed E-state index contributed by atoms with van der Waals surface area (Å²) in [5.74, 6) is -6.98. The van der Waals surface area contributed by atoms with E-state index in [1.54, 1.807) is 76.6 Å². The van der Waals surface area contributed by atoms with Gasteiger partial charge in [0.15, 0.2) is 17.0 Å². The second-order valence-corrected chi connectivity index (χ2v) is 34.7. The number of rotatable bonds is 24. The van der Waals surface area contributed by atoms with E-state index >= 15 is 0 Å². The molecule has 11 N–H and O–H groups in total. The molecule has 1 saturated carbocycles. The second-order valence-electron chi connectivity index (χ2n) is 34.7. The van der Waals surface area contributed by atoms with Crippen LogP contribution in [-0.2, 0) is 70.2 Å². The van der Waals surface area contributed by atoms with Gasteiger partial charge in [-0.3, -0.25) is 28.9 Å². The molecule has 1 aromatic carbocycles. The molecule has 10 heterocycles. The third-order valence-corrected chi connectivity index (χ3v) is 25.6. The van der Waals surface area contributed by atoms with Crippen LogP contribution >= 0.6 is 0 Å². The minimum absolute atomic E-state index is 0.00828. The number of nitrogens with one attached hydrogen (secondary N) is 2. The Morgan fingerprint density at radius 1 is 0.724 bits per heavy atom. The van der Waals surface area contributed by atoms with Gasteiger partial charge in [-0.05, 0) is 132 Å². The van der Waals surface area contributed by atoms with Crippen LogP contribution in [0.1, 0.15) is 154 Å². The average molecular weight is 1760 g/mol. The molecular formula is C90H127N19O18. The Balaban J connectivity index is 0.557. The number of aromatic nitrogens is 9. The van der Waals surface area contributed by atoms with E-state index in [-0.39, 0.29) is 68.4 Å². The summed E-state index contributed by atoms with van der Waals surface area (Å²) in [6.45, 7) is 18.2. The number of cyclic esters (lactones) is 1. The maximum atomic E-state index is 14.9. The van der Waals surface area contributed by atoms with Gasteiger partial charge in [-0.1, -0.05) is 64.2 Å². The van der Waals surface area contributed by atoms with Gasteiger partial charge < -0.3 is 100 Å². The number of hydrogen-bond donors (Lipinski definition) is 8. The van der Waals surface area contributed by atoms with E-state index in [0.717, 1.165) is 24.2 Å². The predicted octanol–water partition coefficient (Wildman–Crippen LogP) is 6.38. The summed E-state index contributed by atoms with van der Waals surface area (Å²) in [7, 11) is 4.60. The molecule has 5 fully saturated rings. The van der Waals surface area contributed by atoms with Crippen LogP contribution in [0.3, 0.4) is 0 Å². The number of Topliss-reactive ketones (excluding diaryl/α,β-unsaturated/α-hetero) is 2. The van der Waals surface area contributed by atoms with Gasteiger partial charge in [0.05, 0.1) is 55.0 Å². The molecule has 37 nitrogen and oxygen atoms in total. The number of methoxy groups -OCH3 is 3. The minimum atomic E-state index is -2.49. The van der Waals surface area contributed by atoms with Gasteiger partial charge in [0.2, 0.25) is 23.6 Å². The maximum absolute atomic E-state index is 14.9. The number of aryl methyl sites for hydroxylation is 1. The van der Waals surface area contributed by atoms with Crippen molar-refractivity contribution in [3.05, 3.63) is 108 Å². The van der Waals surface area contributed by atoms with Crippen LogP contribution in [-0.4, -0.2) is 289 Å². The number of benzene rings is 1. The fourth-order valence-electron chi connectivity index (χ4n) is 17.9. The van der Waals surface area contributed by atoms with Crippen molar-refractivity contribution >= 4 is 87.2 Å². The number of carbonyl (C=O) groups is 7. The number of carbonyl (C=O) groups excluding carboxylic acids is 7. The summed E-state index contributed by atoms with van der Waals surface area (Å²) in [6, 6.07) is 3.49. The summed E-state index contributed by atoms with van der Waals surface area (Å²) < 4.78 is 49.8. The van der Waals surface area contributed by atoms with Crippen LogP contribution in [0.2, 0.25) is 0 Å². The number of hydrogen-bond acceptors (Lipinski definition) is 32. The van der Waals surface area contributed by atoms with Crippen LogP contribution in [0.4, 0.5) is 28.5 Å². The van der Waals surface area contributed by atoms with Crippen LogP contribution < -0.4 is 37.6 Å². The van der Waals surface area contributed by atoms with Crippen molar-refractivity contribution in [2.24, 2.45) is 35.3 Å². The number of nitrogens with two attached hydrogens (primary N) is 3. The molecule has 12 rings (SSSR count). The van der Waals surface area contributed by atoms with Crippen molar-refractivity contribution in [2.45, 2.75) is 218 Å². The Labute approximate surface area is 740 Å². The van der Waals surface area contributed by atoms with Crippen molar-refractivity contribution < 1.29 is 86.5 Å². The number of piperazine rings is 2. The molecule has 16 atom stereocenters. The van der Waals surface area contributed by atoms with Crippen molar-refractivity contribution in [2.75, 3.05) is 128 Å². The minimum Gasteiger partial charge on any atom is -0.459 e. The smallest absolute Gasteiger partial charge is 0.407 e. The van der Waals surface area contributed by atoms with Gasteiger partial charge in [0, 0.05) is 179 Å². The first kappa shape index (κ1) is 95.7. The number of unbranched alkanes of at least 4 members (excludes halogenated alkanes) is 1. The van der Waals surface area contributed by atoms with Gasteiger partial charge in [0.1, 0.15) is 53.8 Å². The number of aliphatic hydroxyl groups is 3. The summed E-state index contributed by atoms with van der Waals surface area (Å²) >= 11 is 0. The van der Waals surface area contributed by atoms with Crippen molar-refractivity contribution in [1.82, 2.24) is 70.0 Å². The number of piperidine rings is 1. The highest BCUT2D eigenvalue weighted by Gasteiger charge is 2.53. The molecule has 6 aliphatic rings. The number of esters is 1. The molecule has 6 aromatic rings. The summed E-state index contributed by atoms with van der Waals surface area (Å²) in [6.07, 6.45) is 17.0. The Morgan fingerprint density at radius 3 is 2.17 bits per heavy atom. The first-order valence-electron chi connectivity index (χ1n) is 44.6. The number of ether oxygens (including phenoxy) is 7. The van der Waals surface area contributed by atoms with E-state index in [1.807, 2.05) is 73.1 Å². The summed E-state index contributed by atoms with van der Waals surface area (Å²) in [5.41, 5.74) is 24.6.